The fourth-order valence-corrected chi connectivity index (χ4v) is 7.29. The molecule has 2 aliphatic rings. The van der Waals surface area contributed by atoms with Crippen molar-refractivity contribution < 1.29 is 40.2 Å². The molecule has 0 spiro atoms. The molecule has 21 heteroatoms. The number of nitriles is 2. The molecule has 2 aliphatic heterocycles. The van der Waals surface area contributed by atoms with Gasteiger partial charge in [0.1, 0.15) is 43.3 Å². The summed E-state index contributed by atoms with van der Waals surface area (Å²) in [5.41, 5.74) is -4.35. The van der Waals surface area contributed by atoms with Gasteiger partial charge in [0, 0.05) is 20.1 Å². The highest BCUT2D eigenvalue weighted by molar-refractivity contribution is 6.35. The first kappa shape index (κ1) is 44.8. The Morgan fingerprint density at radius 3 is 1.54 bits per heavy atom. The fourth-order valence-electron chi connectivity index (χ4n) is 6.23. The largest absolute Gasteiger partial charge is 0.425 e. The molecule has 0 bridgehead atoms. The summed E-state index contributed by atoms with van der Waals surface area (Å²) in [4.78, 5) is 7.39. The Hall–Kier alpha value is -5.79. The van der Waals surface area contributed by atoms with Crippen LogP contribution < -0.4 is 0 Å². The van der Waals surface area contributed by atoms with Gasteiger partial charge >= 0.3 is 12.4 Å². The number of aromatic amines is 1. The zero-order valence-electron chi connectivity index (χ0n) is 30.4. The van der Waals surface area contributed by atoms with E-state index in [0.717, 1.165) is 30.4 Å². The van der Waals surface area contributed by atoms with Crippen molar-refractivity contribution in [3.05, 3.63) is 170 Å². The number of aromatic nitrogens is 6. The molecule has 2 atom stereocenters. The summed E-state index contributed by atoms with van der Waals surface area (Å²) in [6.45, 7) is -0.683. The molecule has 4 aromatic carbocycles. The van der Waals surface area contributed by atoms with Gasteiger partial charge in [0.05, 0.1) is 30.0 Å². The minimum Gasteiger partial charge on any atom is -0.352 e. The molecule has 312 valence electrons. The lowest BCUT2D eigenvalue weighted by Crippen LogP contribution is -2.41. The van der Waals surface area contributed by atoms with Crippen LogP contribution in [0.2, 0.25) is 20.1 Å². The number of rotatable bonds is 5. The van der Waals surface area contributed by atoms with E-state index in [4.69, 9.17) is 61.1 Å². The molecular weight excluding hydrogens is 899 g/mol. The minimum absolute atomic E-state index is 0.0372. The SMILES string of the molecule is N#Cc1cc(C2=CC(c3cc(Cl)cc(Cl)c3)(C(F)(F)F)OC2)ccc1-n1cncn1.N#Cc1cc(C2=CC(c3cc(Cl)cc(Cl)c3)(C(F)(F)F)OC2)ccc1F.c1nc[nH]n1. The van der Waals surface area contributed by atoms with Crippen molar-refractivity contribution in [2.75, 3.05) is 13.2 Å². The molecule has 0 aliphatic carbocycles. The Bertz CT molecular complexity index is 2640. The van der Waals surface area contributed by atoms with Crippen molar-refractivity contribution in [2.24, 2.45) is 0 Å². The lowest BCUT2D eigenvalue weighted by atomic mass is 9.91. The van der Waals surface area contributed by atoms with Crippen LogP contribution in [0.15, 0.2) is 110 Å². The molecule has 0 saturated carbocycles. The Balaban J connectivity index is 0.000000184. The first-order chi connectivity index (χ1) is 28.9. The molecule has 4 heterocycles. The average Bonchev–Trinajstić information content (AvgIpc) is 4.05. The van der Waals surface area contributed by atoms with E-state index in [9.17, 15) is 36.0 Å². The topological polar surface area (TPSA) is 138 Å². The number of ether oxygens (including phenoxy) is 2. The van der Waals surface area contributed by atoms with Gasteiger partial charge in [0.15, 0.2) is 0 Å². The van der Waals surface area contributed by atoms with Gasteiger partial charge in [-0.15, -0.1) is 0 Å². The van der Waals surface area contributed by atoms with E-state index in [1.807, 2.05) is 6.07 Å². The lowest BCUT2D eigenvalue weighted by molar-refractivity contribution is -0.254. The van der Waals surface area contributed by atoms with Gasteiger partial charge in [0.25, 0.3) is 0 Å². The van der Waals surface area contributed by atoms with Gasteiger partial charge in [-0.3, -0.25) is 5.10 Å². The van der Waals surface area contributed by atoms with Gasteiger partial charge in [-0.25, -0.2) is 19.0 Å². The summed E-state index contributed by atoms with van der Waals surface area (Å²) in [7, 11) is 0. The third-order valence-electron chi connectivity index (χ3n) is 9.03. The summed E-state index contributed by atoms with van der Waals surface area (Å²) in [6, 6.07) is 19.1. The number of benzene rings is 4. The Morgan fingerprint density at radius 1 is 0.656 bits per heavy atom. The van der Waals surface area contributed by atoms with E-state index in [-0.39, 0.29) is 72.3 Å². The smallest absolute Gasteiger partial charge is 0.352 e. The van der Waals surface area contributed by atoms with E-state index in [0.29, 0.717) is 11.3 Å². The molecule has 8 rings (SSSR count). The van der Waals surface area contributed by atoms with Crippen LogP contribution in [0.25, 0.3) is 16.8 Å². The maximum Gasteiger partial charge on any atom is 0.425 e. The predicted octanol–water partition coefficient (Wildman–Crippen LogP) is 11.0. The second-order valence-corrected chi connectivity index (χ2v) is 14.6. The first-order valence-corrected chi connectivity index (χ1v) is 18.6. The maximum absolute atomic E-state index is 14.1. The highest BCUT2D eigenvalue weighted by atomic mass is 35.5. The summed E-state index contributed by atoms with van der Waals surface area (Å²) < 4.78 is 109. The number of nitrogens with zero attached hydrogens (tertiary/aromatic N) is 7. The summed E-state index contributed by atoms with van der Waals surface area (Å²) >= 11 is 23.5. The second kappa shape index (κ2) is 18.1. The van der Waals surface area contributed by atoms with Crippen LogP contribution in [-0.4, -0.2) is 55.5 Å². The molecule has 0 amide bonds. The lowest BCUT2D eigenvalue weighted by Gasteiger charge is -2.30. The van der Waals surface area contributed by atoms with Gasteiger partial charge in [-0.2, -0.15) is 47.1 Å². The molecular formula is C40H23Cl4F7N8O2. The van der Waals surface area contributed by atoms with Crippen LogP contribution in [0.1, 0.15) is 33.4 Å². The average molecular weight is 922 g/mol. The Morgan fingerprint density at radius 2 is 1.15 bits per heavy atom. The zero-order chi connectivity index (χ0) is 44.2. The molecule has 0 fully saturated rings. The molecule has 10 nitrogen and oxygen atoms in total. The van der Waals surface area contributed by atoms with E-state index >= 15 is 0 Å². The zero-order valence-corrected chi connectivity index (χ0v) is 33.4. The number of alkyl halides is 6. The predicted molar refractivity (Wildman–Crippen MR) is 210 cm³/mol. The van der Waals surface area contributed by atoms with Crippen LogP contribution in [0, 0.1) is 28.5 Å². The van der Waals surface area contributed by atoms with Gasteiger partial charge in [-0.1, -0.05) is 58.5 Å². The van der Waals surface area contributed by atoms with Crippen molar-refractivity contribution >= 4 is 57.5 Å². The molecule has 6 aromatic rings. The number of halogens is 11. The van der Waals surface area contributed by atoms with Crippen LogP contribution in [0.3, 0.4) is 0 Å². The van der Waals surface area contributed by atoms with Crippen molar-refractivity contribution in [3.63, 3.8) is 0 Å². The Kier molecular flexibility index (Phi) is 13.2. The molecule has 0 saturated heterocycles. The van der Waals surface area contributed by atoms with E-state index in [1.165, 1.54) is 72.5 Å². The van der Waals surface area contributed by atoms with Crippen LogP contribution in [-0.2, 0) is 20.7 Å². The highest BCUT2D eigenvalue weighted by Crippen LogP contribution is 2.51. The molecule has 2 unspecified atom stereocenters. The summed E-state index contributed by atoms with van der Waals surface area (Å²) in [5, 5.41) is 28.6. The first-order valence-electron chi connectivity index (χ1n) is 17.1. The summed E-state index contributed by atoms with van der Waals surface area (Å²) in [6.07, 6.45) is -1.95. The van der Waals surface area contributed by atoms with Gasteiger partial charge in [-0.05, 0) is 106 Å². The highest BCUT2D eigenvalue weighted by Gasteiger charge is 2.59. The van der Waals surface area contributed by atoms with E-state index in [1.54, 1.807) is 18.2 Å². The molecule has 0 radical (unpaired) electrons. The third-order valence-corrected chi connectivity index (χ3v) is 9.91. The fraction of sp³-hybridized carbons (Fsp3) is 0.150. The molecule has 1 N–H and O–H groups in total. The van der Waals surface area contributed by atoms with Crippen LogP contribution >= 0.6 is 46.4 Å². The quantitative estimate of drug-likeness (QED) is 0.169. The van der Waals surface area contributed by atoms with Crippen molar-refractivity contribution in [3.8, 4) is 17.8 Å². The van der Waals surface area contributed by atoms with Gasteiger partial charge < -0.3 is 9.47 Å². The second-order valence-electron chi connectivity index (χ2n) is 12.8. The van der Waals surface area contributed by atoms with Crippen LogP contribution in [0.5, 0.6) is 0 Å². The Labute approximate surface area is 361 Å². The minimum atomic E-state index is -4.79. The normalized spacial score (nSPS) is 18.4. The summed E-state index contributed by atoms with van der Waals surface area (Å²) in [5.74, 6) is -0.750. The molecule has 2 aromatic heterocycles. The van der Waals surface area contributed by atoms with Gasteiger partial charge in [0.2, 0.25) is 11.2 Å². The van der Waals surface area contributed by atoms with E-state index in [2.05, 4.69) is 25.3 Å². The molecule has 61 heavy (non-hydrogen) atoms. The number of nitrogens with one attached hydrogen (secondary N) is 1. The van der Waals surface area contributed by atoms with Crippen molar-refractivity contribution in [1.29, 1.82) is 10.5 Å². The van der Waals surface area contributed by atoms with Crippen molar-refractivity contribution in [2.45, 2.75) is 23.6 Å². The maximum atomic E-state index is 14.1. The number of H-pyrrole nitrogens is 1. The van der Waals surface area contributed by atoms with Crippen molar-refractivity contribution in [1.82, 2.24) is 29.9 Å². The standard InChI is InChI=1S/C20H11Cl2F3N4O.C18H9Cl2F4NO.C2H3N3/c21-16-4-15(5-17(22)6-16)19(20(23,24)25)7-14(9-30-19)12-1-2-18(13(3-12)8-26)29-11-27-10-28-29;19-14-4-13(5-15(20)6-14)17(18(22,23)24)7-12(9-26-17)10-1-2-16(21)11(3-10)8-25;1-3-2-5-4-1/h1-7,10-11H,9H2;1-7H,9H2;1-2H,(H,3,4,5). The number of hydrogen-bond donors (Lipinski definition) is 1. The van der Waals surface area contributed by atoms with E-state index < -0.39 is 29.4 Å². The third kappa shape index (κ3) is 9.58. The monoisotopic (exact) mass is 920 g/mol. The number of hydrogen-bond acceptors (Lipinski definition) is 8. The van der Waals surface area contributed by atoms with Crippen LogP contribution in [0.4, 0.5) is 30.7 Å².